The normalized spacial score (nSPS) is 19.4. The molecule has 1 heterocycles. The molecular formula is C16H24N2O3. The minimum absolute atomic E-state index is 0.0336. The Labute approximate surface area is 125 Å². The standard InChI is InChI=1S/C16H24N2O3/c17-15(13-5-2-1-3-6-13)11-18-16(19)8-10-20-12-14-7-4-9-21-14/h1-3,5-6,14-15H,4,7-12,17H2,(H,18,19). The summed E-state index contributed by atoms with van der Waals surface area (Å²) in [6.45, 7) is 2.27. The largest absolute Gasteiger partial charge is 0.378 e. The molecule has 2 unspecified atom stereocenters. The van der Waals surface area contributed by atoms with Gasteiger partial charge >= 0.3 is 0 Å². The van der Waals surface area contributed by atoms with Crippen LogP contribution in [0.4, 0.5) is 0 Å². The van der Waals surface area contributed by atoms with E-state index in [1.165, 1.54) is 0 Å². The van der Waals surface area contributed by atoms with Gasteiger partial charge in [-0.3, -0.25) is 4.79 Å². The number of nitrogens with one attached hydrogen (secondary N) is 1. The van der Waals surface area contributed by atoms with Crippen LogP contribution in [0.5, 0.6) is 0 Å². The molecule has 2 rings (SSSR count). The lowest BCUT2D eigenvalue weighted by molar-refractivity contribution is -0.122. The van der Waals surface area contributed by atoms with Crippen LogP contribution in [0.1, 0.15) is 30.9 Å². The Kier molecular flexibility index (Phi) is 6.66. The first-order chi connectivity index (χ1) is 10.3. The number of hydrogen-bond donors (Lipinski definition) is 2. The number of carbonyl (C=O) groups excluding carboxylic acids is 1. The lowest BCUT2D eigenvalue weighted by Gasteiger charge is -2.13. The maximum absolute atomic E-state index is 11.7. The van der Waals surface area contributed by atoms with E-state index in [0.29, 0.717) is 26.2 Å². The molecule has 3 N–H and O–H groups in total. The fraction of sp³-hybridized carbons (Fsp3) is 0.562. The van der Waals surface area contributed by atoms with E-state index < -0.39 is 0 Å². The maximum Gasteiger partial charge on any atom is 0.222 e. The third kappa shape index (κ3) is 5.83. The van der Waals surface area contributed by atoms with E-state index in [1.807, 2.05) is 30.3 Å². The van der Waals surface area contributed by atoms with Crippen molar-refractivity contribution < 1.29 is 14.3 Å². The monoisotopic (exact) mass is 292 g/mol. The van der Waals surface area contributed by atoms with Gasteiger partial charge in [-0.2, -0.15) is 0 Å². The van der Waals surface area contributed by atoms with E-state index in [9.17, 15) is 4.79 Å². The summed E-state index contributed by atoms with van der Waals surface area (Å²) in [6, 6.07) is 9.57. The minimum Gasteiger partial charge on any atom is -0.378 e. The smallest absolute Gasteiger partial charge is 0.222 e. The lowest BCUT2D eigenvalue weighted by atomic mass is 10.1. The molecule has 116 valence electrons. The van der Waals surface area contributed by atoms with E-state index in [1.54, 1.807) is 0 Å². The number of carbonyl (C=O) groups is 1. The second-order valence-corrected chi connectivity index (χ2v) is 5.28. The van der Waals surface area contributed by atoms with Gasteiger partial charge in [0.25, 0.3) is 0 Å². The Bertz CT molecular complexity index is 419. The Morgan fingerprint density at radius 2 is 2.24 bits per heavy atom. The van der Waals surface area contributed by atoms with Gasteiger partial charge in [-0.05, 0) is 18.4 Å². The van der Waals surface area contributed by atoms with Gasteiger partial charge in [-0.25, -0.2) is 0 Å². The number of rotatable bonds is 8. The van der Waals surface area contributed by atoms with Gasteiger partial charge in [-0.1, -0.05) is 30.3 Å². The Hall–Kier alpha value is -1.43. The van der Waals surface area contributed by atoms with E-state index in [2.05, 4.69) is 5.32 Å². The summed E-state index contributed by atoms with van der Waals surface area (Å²) in [5.41, 5.74) is 7.04. The predicted octanol–water partition coefficient (Wildman–Crippen LogP) is 1.39. The van der Waals surface area contributed by atoms with Crippen molar-refractivity contribution in [1.82, 2.24) is 5.32 Å². The van der Waals surface area contributed by atoms with Crippen molar-refractivity contribution in [1.29, 1.82) is 0 Å². The molecule has 0 aromatic heterocycles. The third-order valence-electron chi connectivity index (χ3n) is 3.55. The van der Waals surface area contributed by atoms with Crippen LogP contribution in [-0.2, 0) is 14.3 Å². The van der Waals surface area contributed by atoms with Crippen molar-refractivity contribution in [2.24, 2.45) is 5.73 Å². The molecule has 5 nitrogen and oxygen atoms in total. The summed E-state index contributed by atoms with van der Waals surface area (Å²) in [5, 5.41) is 2.83. The highest BCUT2D eigenvalue weighted by atomic mass is 16.5. The molecule has 1 aliphatic heterocycles. The van der Waals surface area contributed by atoms with Gasteiger partial charge in [0.15, 0.2) is 0 Å². The summed E-state index contributed by atoms with van der Waals surface area (Å²) in [7, 11) is 0. The molecule has 0 radical (unpaired) electrons. The first-order valence-electron chi connectivity index (χ1n) is 7.52. The summed E-state index contributed by atoms with van der Waals surface area (Å²) in [5.74, 6) is -0.0336. The molecule has 1 aliphatic rings. The molecule has 0 aliphatic carbocycles. The average molecular weight is 292 g/mol. The number of amides is 1. The van der Waals surface area contributed by atoms with Crippen molar-refractivity contribution in [3.05, 3.63) is 35.9 Å². The van der Waals surface area contributed by atoms with Gasteiger partial charge in [0.05, 0.1) is 19.3 Å². The van der Waals surface area contributed by atoms with Gasteiger partial charge in [0.1, 0.15) is 0 Å². The van der Waals surface area contributed by atoms with Crippen LogP contribution in [0.2, 0.25) is 0 Å². The molecular weight excluding hydrogens is 268 g/mol. The number of benzene rings is 1. The fourth-order valence-electron chi connectivity index (χ4n) is 2.29. The van der Waals surface area contributed by atoms with Crippen LogP contribution >= 0.6 is 0 Å². The van der Waals surface area contributed by atoms with Crippen LogP contribution in [0, 0.1) is 0 Å². The zero-order valence-electron chi connectivity index (χ0n) is 12.3. The molecule has 1 fully saturated rings. The first-order valence-corrected chi connectivity index (χ1v) is 7.52. The number of nitrogens with two attached hydrogens (primary N) is 1. The first kappa shape index (κ1) is 15.9. The van der Waals surface area contributed by atoms with E-state index in [4.69, 9.17) is 15.2 Å². The topological polar surface area (TPSA) is 73.6 Å². The summed E-state index contributed by atoms with van der Waals surface area (Å²) >= 11 is 0. The van der Waals surface area contributed by atoms with Gasteiger partial charge in [0.2, 0.25) is 5.91 Å². The molecule has 21 heavy (non-hydrogen) atoms. The quantitative estimate of drug-likeness (QED) is 0.710. The molecule has 5 heteroatoms. The van der Waals surface area contributed by atoms with E-state index >= 15 is 0 Å². The van der Waals surface area contributed by atoms with Gasteiger partial charge < -0.3 is 20.5 Å². The SMILES string of the molecule is NC(CNC(=O)CCOCC1CCCO1)c1ccccc1. The summed E-state index contributed by atoms with van der Waals surface area (Å²) in [4.78, 5) is 11.7. The zero-order chi connectivity index (χ0) is 14.9. The average Bonchev–Trinajstić information content (AvgIpc) is 3.03. The molecule has 1 aromatic rings. The highest BCUT2D eigenvalue weighted by Crippen LogP contribution is 2.12. The van der Waals surface area contributed by atoms with Crippen LogP contribution in [0.15, 0.2) is 30.3 Å². The highest BCUT2D eigenvalue weighted by molar-refractivity contribution is 5.76. The van der Waals surface area contributed by atoms with Crippen LogP contribution in [0.25, 0.3) is 0 Å². The van der Waals surface area contributed by atoms with E-state index in [-0.39, 0.29) is 18.1 Å². The Morgan fingerprint density at radius 3 is 2.95 bits per heavy atom. The summed E-state index contributed by atoms with van der Waals surface area (Å²) in [6.07, 6.45) is 2.72. The maximum atomic E-state index is 11.7. The molecule has 0 bridgehead atoms. The molecule has 1 saturated heterocycles. The van der Waals surface area contributed by atoms with Crippen molar-refractivity contribution >= 4 is 5.91 Å². The molecule has 0 spiro atoms. The highest BCUT2D eigenvalue weighted by Gasteiger charge is 2.15. The number of hydrogen-bond acceptors (Lipinski definition) is 4. The van der Waals surface area contributed by atoms with Crippen LogP contribution in [-0.4, -0.2) is 38.4 Å². The van der Waals surface area contributed by atoms with Gasteiger partial charge in [0, 0.05) is 25.6 Å². The van der Waals surface area contributed by atoms with Gasteiger partial charge in [-0.15, -0.1) is 0 Å². The Morgan fingerprint density at radius 1 is 1.43 bits per heavy atom. The van der Waals surface area contributed by atoms with E-state index in [0.717, 1.165) is 25.0 Å². The Balaban J connectivity index is 1.55. The third-order valence-corrected chi connectivity index (χ3v) is 3.55. The van der Waals surface area contributed by atoms with Crippen LogP contribution in [0.3, 0.4) is 0 Å². The molecule has 1 aromatic carbocycles. The number of ether oxygens (including phenoxy) is 2. The van der Waals surface area contributed by atoms with Crippen LogP contribution < -0.4 is 11.1 Å². The minimum atomic E-state index is -0.178. The summed E-state index contributed by atoms with van der Waals surface area (Å²) < 4.78 is 10.9. The van der Waals surface area contributed by atoms with Crippen molar-refractivity contribution in [3.63, 3.8) is 0 Å². The zero-order valence-corrected chi connectivity index (χ0v) is 12.3. The predicted molar refractivity (Wildman–Crippen MR) is 80.8 cm³/mol. The molecule has 0 saturated carbocycles. The second-order valence-electron chi connectivity index (χ2n) is 5.28. The van der Waals surface area contributed by atoms with Crippen molar-refractivity contribution in [3.8, 4) is 0 Å². The van der Waals surface area contributed by atoms with Crippen molar-refractivity contribution in [2.45, 2.75) is 31.4 Å². The van der Waals surface area contributed by atoms with Crippen molar-refractivity contribution in [2.75, 3.05) is 26.4 Å². The molecule has 2 atom stereocenters. The fourth-order valence-corrected chi connectivity index (χ4v) is 2.29. The molecule has 1 amide bonds. The lowest BCUT2D eigenvalue weighted by Crippen LogP contribution is -2.32. The second kappa shape index (κ2) is 8.77.